The second-order valence-electron chi connectivity index (χ2n) is 5.43. The van der Waals surface area contributed by atoms with Crippen LogP contribution in [0.15, 0.2) is 24.3 Å². The highest BCUT2D eigenvalue weighted by atomic mass is 19.4. The summed E-state index contributed by atoms with van der Waals surface area (Å²) in [6.45, 7) is 0. The van der Waals surface area contributed by atoms with Crippen molar-refractivity contribution in [3.05, 3.63) is 29.8 Å². The standard InChI is InChI=1S/C15H20F3NO/c16-15(17,18)20-14-9-5-4-8-12(14)13(19)10-11-6-2-1-3-7-11/h4-5,8-9,11,13H,1-3,6-7,10,19H2. The normalized spacial score (nSPS) is 18.8. The van der Waals surface area contributed by atoms with Crippen LogP contribution in [-0.4, -0.2) is 6.36 Å². The van der Waals surface area contributed by atoms with Crippen LogP contribution in [-0.2, 0) is 0 Å². The predicted octanol–water partition coefficient (Wildman–Crippen LogP) is 4.56. The van der Waals surface area contributed by atoms with Crippen molar-refractivity contribution < 1.29 is 17.9 Å². The fourth-order valence-corrected chi connectivity index (χ4v) is 2.91. The van der Waals surface area contributed by atoms with Gasteiger partial charge in [0.25, 0.3) is 0 Å². The molecule has 112 valence electrons. The highest BCUT2D eigenvalue weighted by molar-refractivity contribution is 5.35. The van der Waals surface area contributed by atoms with Crippen molar-refractivity contribution in [1.82, 2.24) is 0 Å². The van der Waals surface area contributed by atoms with E-state index in [2.05, 4.69) is 4.74 Å². The number of hydrogen-bond donors (Lipinski definition) is 1. The minimum Gasteiger partial charge on any atom is -0.405 e. The molecule has 1 fully saturated rings. The fourth-order valence-electron chi connectivity index (χ4n) is 2.91. The van der Waals surface area contributed by atoms with Crippen molar-refractivity contribution in [1.29, 1.82) is 0 Å². The zero-order chi connectivity index (χ0) is 14.6. The molecule has 0 saturated heterocycles. The van der Waals surface area contributed by atoms with Crippen LogP contribution in [0.1, 0.15) is 50.1 Å². The Morgan fingerprint density at radius 2 is 1.80 bits per heavy atom. The van der Waals surface area contributed by atoms with E-state index in [0.29, 0.717) is 11.5 Å². The van der Waals surface area contributed by atoms with E-state index in [9.17, 15) is 13.2 Å². The van der Waals surface area contributed by atoms with E-state index in [-0.39, 0.29) is 5.75 Å². The van der Waals surface area contributed by atoms with Crippen LogP contribution in [0.5, 0.6) is 5.75 Å². The minimum absolute atomic E-state index is 0.177. The number of hydrogen-bond acceptors (Lipinski definition) is 2. The Balaban J connectivity index is 2.06. The molecule has 1 aliphatic rings. The monoisotopic (exact) mass is 287 g/mol. The fraction of sp³-hybridized carbons (Fsp3) is 0.600. The molecule has 2 nitrogen and oxygen atoms in total. The van der Waals surface area contributed by atoms with Crippen molar-refractivity contribution in [2.45, 2.75) is 50.9 Å². The molecule has 1 aliphatic carbocycles. The summed E-state index contributed by atoms with van der Waals surface area (Å²) >= 11 is 0. The van der Waals surface area contributed by atoms with Gasteiger partial charge >= 0.3 is 6.36 Å². The number of nitrogens with two attached hydrogens (primary N) is 1. The Morgan fingerprint density at radius 3 is 2.45 bits per heavy atom. The van der Waals surface area contributed by atoms with Crippen molar-refractivity contribution >= 4 is 0 Å². The summed E-state index contributed by atoms with van der Waals surface area (Å²) in [6, 6.07) is 5.76. The molecule has 2 N–H and O–H groups in total. The van der Waals surface area contributed by atoms with Crippen LogP contribution >= 0.6 is 0 Å². The second kappa shape index (κ2) is 6.48. The van der Waals surface area contributed by atoms with Crippen molar-refractivity contribution in [2.75, 3.05) is 0 Å². The SMILES string of the molecule is NC(CC1CCCCC1)c1ccccc1OC(F)(F)F. The van der Waals surface area contributed by atoms with Gasteiger partial charge in [-0.2, -0.15) is 0 Å². The van der Waals surface area contributed by atoms with E-state index in [1.165, 1.54) is 31.4 Å². The first kappa shape index (κ1) is 15.2. The van der Waals surface area contributed by atoms with Crippen LogP contribution in [0.2, 0.25) is 0 Å². The van der Waals surface area contributed by atoms with E-state index in [0.717, 1.165) is 19.3 Å². The van der Waals surface area contributed by atoms with Crippen LogP contribution in [0.25, 0.3) is 0 Å². The van der Waals surface area contributed by atoms with Gasteiger partial charge in [0.1, 0.15) is 5.75 Å². The van der Waals surface area contributed by atoms with Gasteiger partial charge in [-0.05, 0) is 18.4 Å². The number of halogens is 3. The maximum Gasteiger partial charge on any atom is 0.573 e. The summed E-state index contributed by atoms with van der Waals surface area (Å²) in [5.74, 6) is 0.334. The predicted molar refractivity (Wildman–Crippen MR) is 71.2 cm³/mol. The lowest BCUT2D eigenvalue weighted by atomic mass is 9.83. The third-order valence-electron chi connectivity index (χ3n) is 3.86. The lowest BCUT2D eigenvalue weighted by Crippen LogP contribution is -2.22. The molecule has 0 aliphatic heterocycles. The molecule has 1 atom stereocenters. The summed E-state index contributed by atoms with van der Waals surface area (Å²) in [6.07, 6.45) is 1.92. The Morgan fingerprint density at radius 1 is 1.15 bits per heavy atom. The highest BCUT2D eigenvalue weighted by Crippen LogP contribution is 2.35. The van der Waals surface area contributed by atoms with Crippen molar-refractivity contribution in [3.8, 4) is 5.75 Å². The van der Waals surface area contributed by atoms with Crippen LogP contribution in [0.3, 0.4) is 0 Å². The molecule has 0 spiro atoms. The summed E-state index contributed by atoms with van der Waals surface area (Å²) in [7, 11) is 0. The molecule has 0 heterocycles. The highest BCUT2D eigenvalue weighted by Gasteiger charge is 2.32. The molecule has 0 amide bonds. The Kier molecular flexibility index (Phi) is 4.91. The molecule has 20 heavy (non-hydrogen) atoms. The number of alkyl halides is 3. The van der Waals surface area contributed by atoms with Gasteiger partial charge in [0, 0.05) is 11.6 Å². The molecular weight excluding hydrogens is 267 g/mol. The maximum absolute atomic E-state index is 12.4. The van der Waals surface area contributed by atoms with Crippen LogP contribution < -0.4 is 10.5 Å². The maximum atomic E-state index is 12.4. The van der Waals surface area contributed by atoms with Crippen LogP contribution in [0, 0.1) is 5.92 Å². The first-order valence-electron chi connectivity index (χ1n) is 7.06. The van der Waals surface area contributed by atoms with Crippen molar-refractivity contribution in [2.24, 2.45) is 11.7 Å². The summed E-state index contributed by atoms with van der Waals surface area (Å²) in [4.78, 5) is 0. The largest absolute Gasteiger partial charge is 0.573 e. The summed E-state index contributed by atoms with van der Waals surface area (Å²) in [5, 5.41) is 0. The zero-order valence-electron chi connectivity index (χ0n) is 11.3. The van der Waals surface area contributed by atoms with E-state index >= 15 is 0 Å². The number of para-hydroxylation sites is 1. The average Bonchev–Trinajstić information content (AvgIpc) is 2.38. The Labute approximate surface area is 117 Å². The molecule has 0 aromatic heterocycles. The first-order valence-corrected chi connectivity index (χ1v) is 7.06. The van der Waals surface area contributed by atoms with Gasteiger partial charge in [0.05, 0.1) is 0 Å². The lowest BCUT2D eigenvalue weighted by Gasteiger charge is -2.25. The van der Waals surface area contributed by atoms with E-state index in [1.54, 1.807) is 12.1 Å². The number of ether oxygens (including phenoxy) is 1. The molecule has 1 aromatic carbocycles. The van der Waals surface area contributed by atoms with Gasteiger partial charge in [-0.25, -0.2) is 0 Å². The van der Waals surface area contributed by atoms with Gasteiger partial charge in [-0.1, -0.05) is 50.3 Å². The van der Waals surface area contributed by atoms with E-state index < -0.39 is 12.4 Å². The molecule has 1 saturated carbocycles. The third kappa shape index (κ3) is 4.40. The topological polar surface area (TPSA) is 35.2 Å². The Hall–Kier alpha value is -1.23. The molecule has 0 radical (unpaired) electrons. The molecule has 1 aromatic rings. The summed E-state index contributed by atoms with van der Waals surface area (Å²) in [5.41, 5.74) is 6.54. The number of rotatable bonds is 4. The molecule has 1 unspecified atom stereocenters. The van der Waals surface area contributed by atoms with Gasteiger partial charge in [0.2, 0.25) is 0 Å². The van der Waals surface area contributed by atoms with Gasteiger partial charge in [-0.3, -0.25) is 0 Å². The molecule has 5 heteroatoms. The minimum atomic E-state index is -4.68. The number of benzene rings is 1. The Bertz CT molecular complexity index is 427. The third-order valence-corrected chi connectivity index (χ3v) is 3.86. The van der Waals surface area contributed by atoms with Gasteiger partial charge < -0.3 is 10.5 Å². The summed E-state index contributed by atoms with van der Waals surface area (Å²) < 4.78 is 41.2. The van der Waals surface area contributed by atoms with Gasteiger partial charge in [0.15, 0.2) is 0 Å². The van der Waals surface area contributed by atoms with Crippen molar-refractivity contribution in [3.63, 3.8) is 0 Å². The molecule has 0 bridgehead atoms. The van der Waals surface area contributed by atoms with Crippen LogP contribution in [0.4, 0.5) is 13.2 Å². The first-order chi connectivity index (χ1) is 9.46. The van der Waals surface area contributed by atoms with Gasteiger partial charge in [-0.15, -0.1) is 13.2 Å². The molecule has 2 rings (SSSR count). The quantitative estimate of drug-likeness (QED) is 0.881. The van der Waals surface area contributed by atoms with E-state index in [1.807, 2.05) is 0 Å². The molecular formula is C15H20F3NO. The zero-order valence-corrected chi connectivity index (χ0v) is 11.3. The smallest absolute Gasteiger partial charge is 0.405 e. The lowest BCUT2D eigenvalue weighted by molar-refractivity contribution is -0.275. The van der Waals surface area contributed by atoms with E-state index in [4.69, 9.17) is 5.73 Å². The second-order valence-corrected chi connectivity index (χ2v) is 5.43. The average molecular weight is 287 g/mol.